The Morgan fingerprint density at radius 2 is 1.90 bits per heavy atom. The van der Waals surface area contributed by atoms with Gasteiger partial charge in [0.1, 0.15) is 0 Å². The number of pyridine rings is 1. The molecule has 1 aromatic heterocycles. The maximum atomic E-state index is 12.1. The van der Waals surface area contributed by atoms with Crippen molar-refractivity contribution in [2.24, 2.45) is 0 Å². The molecule has 0 aliphatic carbocycles. The summed E-state index contributed by atoms with van der Waals surface area (Å²) in [7, 11) is 0. The van der Waals surface area contributed by atoms with Crippen LogP contribution in [0.4, 0.5) is 0 Å². The second-order valence-electron chi connectivity index (χ2n) is 4.53. The summed E-state index contributed by atoms with van der Waals surface area (Å²) in [6.45, 7) is 1.06. The van der Waals surface area contributed by atoms with Crippen molar-refractivity contribution in [3.8, 4) is 5.75 Å². The quantitative estimate of drug-likeness (QED) is 0.837. The summed E-state index contributed by atoms with van der Waals surface area (Å²) in [4.78, 5) is 12.1. The molecule has 0 unspecified atom stereocenters. The number of nitrogens with zero attached hydrogens (tertiary/aromatic N) is 1. The van der Waals surface area contributed by atoms with Gasteiger partial charge in [0.15, 0.2) is 5.75 Å². The topological polar surface area (TPSA) is 51.5 Å². The lowest BCUT2D eigenvalue weighted by Crippen LogP contribution is -2.22. The molecule has 1 N–H and O–H groups in total. The van der Waals surface area contributed by atoms with E-state index in [4.69, 9.17) is 9.84 Å². The highest BCUT2D eigenvalue weighted by molar-refractivity contribution is 5.18. The van der Waals surface area contributed by atoms with Crippen LogP contribution >= 0.6 is 0 Å². The van der Waals surface area contributed by atoms with Crippen LogP contribution < -0.4 is 10.3 Å². The maximum Gasteiger partial charge on any atom is 0.292 e. The molecule has 0 fully saturated rings. The first kappa shape index (κ1) is 14.3. The van der Waals surface area contributed by atoms with Gasteiger partial charge in [-0.2, -0.15) is 0 Å². The molecule has 0 saturated heterocycles. The van der Waals surface area contributed by atoms with Crippen molar-refractivity contribution >= 4 is 0 Å². The molecule has 20 heavy (non-hydrogen) atoms. The Hall–Kier alpha value is -2.07. The molecule has 4 nitrogen and oxygen atoms in total. The fraction of sp³-hybridized carbons (Fsp3) is 0.312. The standard InChI is InChI=1S/C16H19NO3/c18-12-5-11-17-10-4-8-15(16(17)19)20-13-9-14-6-2-1-3-7-14/h1-4,6-8,10,18H,5,9,11-13H2. The van der Waals surface area contributed by atoms with Crippen LogP contribution in [0.5, 0.6) is 5.75 Å². The highest BCUT2D eigenvalue weighted by atomic mass is 16.5. The number of benzene rings is 1. The predicted octanol–water partition coefficient (Wildman–Crippen LogP) is 1.85. The van der Waals surface area contributed by atoms with Gasteiger partial charge in [0.25, 0.3) is 5.56 Å². The predicted molar refractivity (Wildman–Crippen MR) is 78.0 cm³/mol. The fourth-order valence-corrected chi connectivity index (χ4v) is 1.97. The van der Waals surface area contributed by atoms with Crippen LogP contribution in [0.25, 0.3) is 0 Å². The van der Waals surface area contributed by atoms with Crippen LogP contribution in [-0.4, -0.2) is 22.9 Å². The molecule has 0 bridgehead atoms. The number of aliphatic hydroxyl groups excluding tert-OH is 1. The minimum Gasteiger partial charge on any atom is -0.488 e. The van der Waals surface area contributed by atoms with E-state index in [-0.39, 0.29) is 12.2 Å². The van der Waals surface area contributed by atoms with Gasteiger partial charge in [-0.05, 0) is 24.1 Å². The summed E-state index contributed by atoms with van der Waals surface area (Å²) in [6, 6.07) is 13.5. The number of hydrogen-bond acceptors (Lipinski definition) is 3. The van der Waals surface area contributed by atoms with Crippen molar-refractivity contribution < 1.29 is 9.84 Å². The third kappa shape index (κ3) is 3.96. The summed E-state index contributed by atoms with van der Waals surface area (Å²) in [6.07, 6.45) is 3.04. The van der Waals surface area contributed by atoms with Crippen molar-refractivity contribution in [1.29, 1.82) is 0 Å². The highest BCUT2D eigenvalue weighted by Gasteiger charge is 2.04. The van der Waals surface area contributed by atoms with Gasteiger partial charge >= 0.3 is 0 Å². The van der Waals surface area contributed by atoms with Gasteiger partial charge in [0.2, 0.25) is 0 Å². The molecule has 2 rings (SSSR count). The van der Waals surface area contributed by atoms with Crippen LogP contribution in [0.3, 0.4) is 0 Å². The molecule has 1 aromatic carbocycles. The van der Waals surface area contributed by atoms with E-state index in [0.29, 0.717) is 25.3 Å². The van der Waals surface area contributed by atoms with Crippen LogP contribution in [-0.2, 0) is 13.0 Å². The number of aryl methyl sites for hydroxylation is 1. The Bertz CT molecular complexity index is 578. The SMILES string of the molecule is O=c1c(OCCc2ccccc2)cccn1CCCO. The molecule has 106 valence electrons. The van der Waals surface area contributed by atoms with Crippen molar-refractivity contribution in [1.82, 2.24) is 4.57 Å². The first-order valence-corrected chi connectivity index (χ1v) is 6.78. The van der Waals surface area contributed by atoms with E-state index in [0.717, 1.165) is 6.42 Å². The van der Waals surface area contributed by atoms with E-state index >= 15 is 0 Å². The molecule has 0 radical (unpaired) electrons. The molecule has 0 amide bonds. The average Bonchev–Trinajstić information content (AvgIpc) is 2.49. The summed E-state index contributed by atoms with van der Waals surface area (Å²) in [5, 5.41) is 8.81. The summed E-state index contributed by atoms with van der Waals surface area (Å²) in [5.41, 5.74) is 1.04. The van der Waals surface area contributed by atoms with Crippen LogP contribution in [0, 0.1) is 0 Å². The zero-order valence-electron chi connectivity index (χ0n) is 11.4. The largest absolute Gasteiger partial charge is 0.488 e. The Morgan fingerprint density at radius 1 is 1.10 bits per heavy atom. The molecule has 0 saturated carbocycles. The van der Waals surface area contributed by atoms with Crippen LogP contribution in [0.1, 0.15) is 12.0 Å². The van der Waals surface area contributed by atoms with Gasteiger partial charge in [-0.15, -0.1) is 0 Å². The lowest BCUT2D eigenvalue weighted by molar-refractivity contribution is 0.277. The van der Waals surface area contributed by atoms with E-state index in [1.807, 2.05) is 30.3 Å². The minimum absolute atomic E-state index is 0.0749. The fourth-order valence-electron chi connectivity index (χ4n) is 1.97. The van der Waals surface area contributed by atoms with E-state index in [9.17, 15) is 4.79 Å². The van der Waals surface area contributed by atoms with E-state index in [2.05, 4.69) is 0 Å². The highest BCUT2D eigenvalue weighted by Crippen LogP contribution is 2.05. The van der Waals surface area contributed by atoms with Gasteiger partial charge in [-0.25, -0.2) is 0 Å². The van der Waals surface area contributed by atoms with Gasteiger partial charge in [0, 0.05) is 25.8 Å². The maximum absolute atomic E-state index is 12.1. The molecular formula is C16H19NO3. The van der Waals surface area contributed by atoms with Gasteiger partial charge in [0.05, 0.1) is 6.61 Å². The third-order valence-corrected chi connectivity index (χ3v) is 3.03. The molecule has 0 aliphatic heterocycles. The number of rotatable bonds is 7. The number of aliphatic hydroxyl groups is 1. The van der Waals surface area contributed by atoms with E-state index in [1.165, 1.54) is 5.56 Å². The molecule has 2 aromatic rings. The summed E-state index contributed by atoms with van der Waals surface area (Å²) in [5.74, 6) is 0.362. The number of ether oxygens (including phenoxy) is 1. The smallest absolute Gasteiger partial charge is 0.292 e. The Morgan fingerprint density at radius 3 is 2.65 bits per heavy atom. The molecular weight excluding hydrogens is 254 g/mol. The minimum atomic E-state index is -0.144. The number of aromatic nitrogens is 1. The van der Waals surface area contributed by atoms with Crippen molar-refractivity contribution in [2.45, 2.75) is 19.4 Å². The zero-order chi connectivity index (χ0) is 14.2. The van der Waals surface area contributed by atoms with Gasteiger partial charge < -0.3 is 14.4 Å². The second kappa shape index (κ2) is 7.50. The van der Waals surface area contributed by atoms with Crippen molar-refractivity contribution in [3.05, 3.63) is 64.6 Å². The van der Waals surface area contributed by atoms with Crippen LogP contribution in [0.2, 0.25) is 0 Å². The molecule has 4 heteroatoms. The van der Waals surface area contributed by atoms with E-state index < -0.39 is 0 Å². The van der Waals surface area contributed by atoms with E-state index in [1.54, 1.807) is 22.9 Å². The first-order valence-electron chi connectivity index (χ1n) is 6.78. The van der Waals surface area contributed by atoms with Crippen LogP contribution in [0.15, 0.2) is 53.5 Å². The lowest BCUT2D eigenvalue weighted by atomic mass is 10.2. The average molecular weight is 273 g/mol. The normalized spacial score (nSPS) is 10.4. The summed E-state index contributed by atoms with van der Waals surface area (Å²) >= 11 is 0. The molecule has 0 aliphatic rings. The molecule has 1 heterocycles. The second-order valence-corrected chi connectivity index (χ2v) is 4.53. The van der Waals surface area contributed by atoms with Gasteiger partial charge in [-0.1, -0.05) is 30.3 Å². The lowest BCUT2D eigenvalue weighted by Gasteiger charge is -2.09. The monoisotopic (exact) mass is 273 g/mol. The Kier molecular flexibility index (Phi) is 5.38. The molecule has 0 atom stereocenters. The first-order chi connectivity index (χ1) is 9.81. The third-order valence-electron chi connectivity index (χ3n) is 3.03. The summed E-state index contributed by atoms with van der Waals surface area (Å²) < 4.78 is 7.13. The zero-order valence-corrected chi connectivity index (χ0v) is 11.4. The molecule has 0 spiro atoms. The number of hydrogen-bond donors (Lipinski definition) is 1. The Balaban J connectivity index is 1.94. The Labute approximate surface area is 118 Å². The van der Waals surface area contributed by atoms with Gasteiger partial charge in [-0.3, -0.25) is 4.79 Å². The van der Waals surface area contributed by atoms with Crippen molar-refractivity contribution in [2.75, 3.05) is 13.2 Å². The van der Waals surface area contributed by atoms with Crippen molar-refractivity contribution in [3.63, 3.8) is 0 Å².